The van der Waals surface area contributed by atoms with Gasteiger partial charge in [0.05, 0.1) is 0 Å². The van der Waals surface area contributed by atoms with E-state index in [0.29, 0.717) is 0 Å². The minimum atomic E-state index is 1.21. The minimum Gasteiger partial charge on any atom is -0.0856 e. The van der Waals surface area contributed by atoms with Crippen molar-refractivity contribution in [3.8, 4) is 0 Å². The summed E-state index contributed by atoms with van der Waals surface area (Å²) in [6.45, 7) is 10.6. The molecule has 0 aliphatic rings. The van der Waals surface area contributed by atoms with E-state index in [0.717, 1.165) is 0 Å². The van der Waals surface area contributed by atoms with Gasteiger partial charge in [0, 0.05) is 0 Å². The first kappa shape index (κ1) is 12.4. The molecule has 0 aliphatic heterocycles. The van der Waals surface area contributed by atoms with Gasteiger partial charge in [0.2, 0.25) is 0 Å². The van der Waals surface area contributed by atoms with E-state index in [9.17, 15) is 0 Å². The van der Waals surface area contributed by atoms with Crippen molar-refractivity contribution in [2.24, 2.45) is 0 Å². The standard InChI is InChI=1S/C8H16.C2H6/c1-4-6-7-8(3)5-2;1-2/h7H,4-6H2,1-3H3;1-2H3/b8-7+;. The lowest BCUT2D eigenvalue weighted by Gasteiger charge is -1.91. The molecule has 0 saturated carbocycles. The SMILES string of the molecule is CC.CCC/C=C(\C)CC. The first-order chi connectivity index (χ1) is 4.81. The van der Waals surface area contributed by atoms with E-state index in [1.54, 1.807) is 0 Å². The van der Waals surface area contributed by atoms with Gasteiger partial charge in [-0.2, -0.15) is 0 Å². The largest absolute Gasteiger partial charge is 0.0856 e. The fourth-order valence-corrected chi connectivity index (χ4v) is 0.535. The number of allylic oxidation sites excluding steroid dienone is 2. The van der Waals surface area contributed by atoms with E-state index in [2.05, 4.69) is 26.8 Å². The van der Waals surface area contributed by atoms with E-state index in [-0.39, 0.29) is 0 Å². The third kappa shape index (κ3) is 10.7. The van der Waals surface area contributed by atoms with E-state index in [1.165, 1.54) is 24.8 Å². The second-order valence-electron chi connectivity index (χ2n) is 2.19. The molecule has 0 fully saturated rings. The molecule has 0 aromatic rings. The van der Waals surface area contributed by atoms with Crippen molar-refractivity contribution in [2.45, 2.75) is 53.9 Å². The molecule has 0 amide bonds. The van der Waals surface area contributed by atoms with Gasteiger partial charge in [0.25, 0.3) is 0 Å². The van der Waals surface area contributed by atoms with Gasteiger partial charge in [0.15, 0.2) is 0 Å². The fraction of sp³-hybridized carbons (Fsp3) is 0.800. The molecule has 0 rings (SSSR count). The van der Waals surface area contributed by atoms with Crippen LogP contribution in [-0.2, 0) is 0 Å². The molecule has 0 unspecified atom stereocenters. The zero-order valence-electron chi connectivity index (χ0n) is 8.20. The van der Waals surface area contributed by atoms with Crippen molar-refractivity contribution >= 4 is 0 Å². The molecule has 0 atom stereocenters. The van der Waals surface area contributed by atoms with Crippen LogP contribution in [0.25, 0.3) is 0 Å². The second-order valence-corrected chi connectivity index (χ2v) is 2.19. The van der Waals surface area contributed by atoms with Gasteiger partial charge in [-0.05, 0) is 19.8 Å². The van der Waals surface area contributed by atoms with Crippen LogP contribution in [0.2, 0.25) is 0 Å². The first-order valence-corrected chi connectivity index (χ1v) is 4.46. The molecular formula is C10H22. The summed E-state index contributed by atoms with van der Waals surface area (Å²) in [6.07, 6.45) is 6.05. The molecule has 62 valence electrons. The molecule has 0 N–H and O–H groups in total. The average Bonchev–Trinajstić information content (AvgIpc) is 2.04. The molecule has 0 radical (unpaired) electrons. The Morgan fingerprint density at radius 3 is 2.00 bits per heavy atom. The Hall–Kier alpha value is -0.260. The molecule has 10 heavy (non-hydrogen) atoms. The van der Waals surface area contributed by atoms with Crippen LogP contribution in [0.1, 0.15) is 53.9 Å². The second kappa shape index (κ2) is 11.5. The Balaban J connectivity index is 0. The maximum atomic E-state index is 2.32. The highest BCUT2D eigenvalue weighted by Gasteiger charge is 1.79. The Bertz CT molecular complexity index is 70.1. The summed E-state index contributed by atoms with van der Waals surface area (Å²) in [5.41, 5.74) is 1.52. The highest BCUT2D eigenvalue weighted by atomic mass is 13.9. The van der Waals surface area contributed by atoms with Crippen molar-refractivity contribution in [1.29, 1.82) is 0 Å². The first-order valence-electron chi connectivity index (χ1n) is 4.46. The molecule has 0 bridgehead atoms. The Morgan fingerprint density at radius 1 is 1.20 bits per heavy atom. The quantitative estimate of drug-likeness (QED) is 0.519. The zero-order chi connectivity index (χ0) is 8.41. The summed E-state index contributed by atoms with van der Waals surface area (Å²) >= 11 is 0. The van der Waals surface area contributed by atoms with Crippen LogP contribution in [0, 0.1) is 0 Å². The molecule has 0 spiro atoms. The Labute approximate surface area is 66.3 Å². The van der Waals surface area contributed by atoms with Crippen molar-refractivity contribution < 1.29 is 0 Å². The van der Waals surface area contributed by atoms with Gasteiger partial charge >= 0.3 is 0 Å². The Kier molecular flexibility index (Phi) is 14.3. The Morgan fingerprint density at radius 2 is 1.70 bits per heavy atom. The molecule has 0 aliphatic carbocycles. The molecule has 0 aromatic carbocycles. The minimum absolute atomic E-state index is 1.21. The van der Waals surface area contributed by atoms with Crippen LogP contribution in [0.5, 0.6) is 0 Å². The maximum Gasteiger partial charge on any atom is -0.0351 e. The van der Waals surface area contributed by atoms with Crippen molar-refractivity contribution in [2.75, 3.05) is 0 Å². The lowest BCUT2D eigenvalue weighted by atomic mass is 10.2. The van der Waals surface area contributed by atoms with Crippen molar-refractivity contribution in [3.05, 3.63) is 11.6 Å². The van der Waals surface area contributed by atoms with E-state index < -0.39 is 0 Å². The van der Waals surface area contributed by atoms with E-state index >= 15 is 0 Å². The number of unbranched alkanes of at least 4 members (excludes halogenated alkanes) is 1. The van der Waals surface area contributed by atoms with Gasteiger partial charge in [-0.1, -0.05) is 45.8 Å². The lowest BCUT2D eigenvalue weighted by Crippen LogP contribution is -1.70. The van der Waals surface area contributed by atoms with Crippen LogP contribution >= 0.6 is 0 Å². The molecule has 0 heteroatoms. The monoisotopic (exact) mass is 142 g/mol. The van der Waals surface area contributed by atoms with Gasteiger partial charge < -0.3 is 0 Å². The summed E-state index contributed by atoms with van der Waals surface area (Å²) < 4.78 is 0. The van der Waals surface area contributed by atoms with Gasteiger partial charge in [-0.15, -0.1) is 0 Å². The van der Waals surface area contributed by atoms with E-state index in [4.69, 9.17) is 0 Å². The number of hydrogen-bond donors (Lipinski definition) is 0. The van der Waals surface area contributed by atoms with Crippen LogP contribution in [-0.4, -0.2) is 0 Å². The van der Waals surface area contributed by atoms with Crippen LogP contribution < -0.4 is 0 Å². The summed E-state index contributed by atoms with van der Waals surface area (Å²) in [5.74, 6) is 0. The van der Waals surface area contributed by atoms with Crippen LogP contribution in [0.4, 0.5) is 0 Å². The lowest BCUT2D eigenvalue weighted by molar-refractivity contribution is 0.934. The van der Waals surface area contributed by atoms with E-state index in [1.807, 2.05) is 13.8 Å². The summed E-state index contributed by atoms with van der Waals surface area (Å²) in [6, 6.07) is 0. The van der Waals surface area contributed by atoms with Crippen molar-refractivity contribution in [1.82, 2.24) is 0 Å². The highest BCUT2D eigenvalue weighted by molar-refractivity contribution is 4.95. The molecule has 0 saturated heterocycles. The van der Waals surface area contributed by atoms with Crippen molar-refractivity contribution in [3.63, 3.8) is 0 Å². The van der Waals surface area contributed by atoms with Crippen LogP contribution in [0.15, 0.2) is 11.6 Å². The summed E-state index contributed by atoms with van der Waals surface area (Å²) in [5, 5.41) is 0. The predicted molar refractivity (Wildman–Crippen MR) is 50.3 cm³/mol. The van der Waals surface area contributed by atoms with Gasteiger partial charge in [-0.25, -0.2) is 0 Å². The predicted octanol–water partition coefficient (Wildman–Crippen LogP) is 4.17. The fourth-order valence-electron chi connectivity index (χ4n) is 0.535. The molecule has 0 aromatic heterocycles. The smallest absolute Gasteiger partial charge is 0.0351 e. The third-order valence-electron chi connectivity index (χ3n) is 1.34. The van der Waals surface area contributed by atoms with Gasteiger partial charge in [0.1, 0.15) is 0 Å². The number of hydrogen-bond acceptors (Lipinski definition) is 0. The number of rotatable bonds is 3. The third-order valence-corrected chi connectivity index (χ3v) is 1.34. The highest BCUT2D eigenvalue weighted by Crippen LogP contribution is 2.00. The van der Waals surface area contributed by atoms with Crippen LogP contribution in [0.3, 0.4) is 0 Å². The van der Waals surface area contributed by atoms with Gasteiger partial charge in [-0.3, -0.25) is 0 Å². The average molecular weight is 142 g/mol. The molecule has 0 heterocycles. The summed E-state index contributed by atoms with van der Waals surface area (Å²) in [7, 11) is 0. The normalized spacial score (nSPS) is 10.3. The molecular weight excluding hydrogens is 120 g/mol. The summed E-state index contributed by atoms with van der Waals surface area (Å²) in [4.78, 5) is 0. The zero-order valence-corrected chi connectivity index (χ0v) is 8.20. The molecule has 0 nitrogen and oxygen atoms in total. The maximum absolute atomic E-state index is 2.32. The topological polar surface area (TPSA) is 0 Å².